The summed E-state index contributed by atoms with van der Waals surface area (Å²) in [6.07, 6.45) is 3.23. The lowest BCUT2D eigenvalue weighted by Crippen LogP contribution is -2.34. The first-order valence-electron chi connectivity index (χ1n) is 6.08. The Morgan fingerprint density at radius 2 is 2.24 bits per heavy atom. The first kappa shape index (κ1) is 11.0. The fourth-order valence-electron chi connectivity index (χ4n) is 2.11. The normalized spacial score (nSPS) is 24.1. The zero-order chi connectivity index (χ0) is 11.8. The van der Waals surface area contributed by atoms with Crippen LogP contribution in [-0.4, -0.2) is 35.2 Å². The fraction of sp³-hybridized carbons (Fsp3) is 0.727. The van der Waals surface area contributed by atoms with Gasteiger partial charge in [-0.05, 0) is 26.2 Å². The molecule has 1 amide bonds. The van der Waals surface area contributed by atoms with Gasteiger partial charge in [-0.2, -0.15) is 0 Å². The molecule has 17 heavy (non-hydrogen) atoms. The summed E-state index contributed by atoms with van der Waals surface area (Å²) in [5, 5.41) is 13.1. The third-order valence-electron chi connectivity index (χ3n) is 3.27. The lowest BCUT2D eigenvalue weighted by atomic mass is 10.1. The lowest BCUT2D eigenvalue weighted by molar-refractivity contribution is -0.124. The van der Waals surface area contributed by atoms with Gasteiger partial charge in [-0.1, -0.05) is 11.3 Å². The number of anilines is 1. The van der Waals surface area contributed by atoms with Gasteiger partial charge in [0.25, 0.3) is 0 Å². The van der Waals surface area contributed by atoms with Crippen LogP contribution in [-0.2, 0) is 4.79 Å². The predicted octanol–water partition coefficient (Wildman–Crippen LogP) is 0.951. The SMILES string of the molecule is Cc1nnc(N2CCC(C(=O)NC3CC3)C2)s1. The molecule has 1 aliphatic carbocycles. The van der Waals surface area contributed by atoms with Crippen molar-refractivity contribution in [2.45, 2.75) is 32.2 Å². The van der Waals surface area contributed by atoms with Crippen molar-refractivity contribution in [1.82, 2.24) is 15.5 Å². The number of carbonyl (C=O) groups is 1. The van der Waals surface area contributed by atoms with Crippen LogP contribution in [0.3, 0.4) is 0 Å². The van der Waals surface area contributed by atoms with Crippen molar-refractivity contribution < 1.29 is 4.79 Å². The second-order valence-corrected chi connectivity index (χ2v) is 5.98. The molecule has 1 unspecified atom stereocenters. The number of amides is 1. The third kappa shape index (κ3) is 2.41. The van der Waals surface area contributed by atoms with E-state index in [0.29, 0.717) is 6.04 Å². The number of aryl methyl sites for hydroxylation is 1. The van der Waals surface area contributed by atoms with E-state index in [2.05, 4.69) is 20.4 Å². The maximum atomic E-state index is 11.9. The second-order valence-electron chi connectivity index (χ2n) is 4.82. The standard InChI is InChI=1S/C11H16N4OS/c1-7-13-14-11(17-7)15-5-4-8(6-15)10(16)12-9-2-3-9/h8-9H,2-6H2,1H3,(H,12,16). The van der Waals surface area contributed by atoms with Crippen LogP contribution < -0.4 is 10.2 Å². The average Bonchev–Trinajstić information content (AvgIpc) is 2.81. The van der Waals surface area contributed by atoms with Gasteiger partial charge in [-0.3, -0.25) is 4.79 Å². The highest BCUT2D eigenvalue weighted by molar-refractivity contribution is 7.15. The molecule has 5 nitrogen and oxygen atoms in total. The van der Waals surface area contributed by atoms with Gasteiger partial charge in [0.05, 0.1) is 5.92 Å². The number of carbonyl (C=O) groups excluding carboxylic acids is 1. The predicted molar refractivity (Wildman–Crippen MR) is 66.1 cm³/mol. The molecule has 1 aromatic heterocycles. The van der Waals surface area contributed by atoms with Crippen molar-refractivity contribution in [2.24, 2.45) is 5.92 Å². The van der Waals surface area contributed by atoms with Gasteiger partial charge in [0, 0.05) is 19.1 Å². The van der Waals surface area contributed by atoms with Crippen LogP contribution in [0.25, 0.3) is 0 Å². The van der Waals surface area contributed by atoms with E-state index in [4.69, 9.17) is 0 Å². The van der Waals surface area contributed by atoms with Gasteiger partial charge in [0.2, 0.25) is 11.0 Å². The van der Waals surface area contributed by atoms with Crippen LogP contribution >= 0.6 is 11.3 Å². The van der Waals surface area contributed by atoms with Crippen LogP contribution in [0.4, 0.5) is 5.13 Å². The van der Waals surface area contributed by atoms with E-state index >= 15 is 0 Å². The summed E-state index contributed by atoms with van der Waals surface area (Å²) in [6, 6.07) is 0.459. The Morgan fingerprint density at radius 1 is 1.41 bits per heavy atom. The van der Waals surface area contributed by atoms with Crippen LogP contribution in [0, 0.1) is 12.8 Å². The van der Waals surface area contributed by atoms with E-state index in [1.54, 1.807) is 11.3 Å². The molecule has 1 N–H and O–H groups in total. The Bertz CT molecular complexity index is 429. The number of nitrogens with zero attached hydrogens (tertiary/aromatic N) is 3. The molecule has 0 spiro atoms. The van der Waals surface area contributed by atoms with E-state index in [9.17, 15) is 4.79 Å². The number of hydrogen-bond donors (Lipinski definition) is 1. The first-order valence-corrected chi connectivity index (χ1v) is 6.89. The van der Waals surface area contributed by atoms with Crippen molar-refractivity contribution in [2.75, 3.05) is 18.0 Å². The minimum absolute atomic E-state index is 0.125. The van der Waals surface area contributed by atoms with Crippen LogP contribution in [0.5, 0.6) is 0 Å². The van der Waals surface area contributed by atoms with E-state index in [-0.39, 0.29) is 11.8 Å². The molecule has 0 bridgehead atoms. The highest BCUT2D eigenvalue weighted by atomic mass is 32.1. The molecular weight excluding hydrogens is 236 g/mol. The van der Waals surface area contributed by atoms with E-state index in [1.807, 2.05) is 6.92 Å². The molecule has 2 aliphatic rings. The van der Waals surface area contributed by atoms with Gasteiger partial charge < -0.3 is 10.2 Å². The van der Waals surface area contributed by atoms with Crippen molar-refractivity contribution in [1.29, 1.82) is 0 Å². The van der Waals surface area contributed by atoms with Gasteiger partial charge in [-0.15, -0.1) is 10.2 Å². The Kier molecular flexibility index (Phi) is 2.74. The monoisotopic (exact) mass is 252 g/mol. The highest BCUT2D eigenvalue weighted by Gasteiger charge is 2.33. The molecule has 92 valence electrons. The molecule has 1 aromatic rings. The number of nitrogens with one attached hydrogen (secondary N) is 1. The number of rotatable bonds is 3. The Balaban J connectivity index is 1.59. The maximum Gasteiger partial charge on any atom is 0.225 e. The van der Waals surface area contributed by atoms with Crippen LogP contribution in [0.15, 0.2) is 0 Å². The summed E-state index contributed by atoms with van der Waals surface area (Å²) in [5.74, 6) is 0.344. The van der Waals surface area contributed by atoms with Crippen molar-refractivity contribution in [3.63, 3.8) is 0 Å². The Hall–Kier alpha value is -1.17. The fourth-order valence-corrected chi connectivity index (χ4v) is 2.83. The average molecular weight is 252 g/mol. The molecule has 2 fully saturated rings. The summed E-state index contributed by atoms with van der Waals surface area (Å²) < 4.78 is 0. The second kappa shape index (κ2) is 4.25. The minimum Gasteiger partial charge on any atom is -0.353 e. The molecule has 6 heteroatoms. The quantitative estimate of drug-likeness (QED) is 0.870. The van der Waals surface area contributed by atoms with Crippen LogP contribution in [0.2, 0.25) is 0 Å². The molecule has 0 radical (unpaired) electrons. The number of aromatic nitrogens is 2. The smallest absolute Gasteiger partial charge is 0.225 e. The van der Waals surface area contributed by atoms with Crippen molar-refractivity contribution in [3.8, 4) is 0 Å². The Morgan fingerprint density at radius 3 is 2.88 bits per heavy atom. The largest absolute Gasteiger partial charge is 0.353 e. The van der Waals surface area contributed by atoms with E-state index in [0.717, 1.165) is 42.5 Å². The molecule has 1 saturated carbocycles. The topological polar surface area (TPSA) is 58.1 Å². The molecule has 1 aliphatic heterocycles. The van der Waals surface area contributed by atoms with E-state index in [1.165, 1.54) is 0 Å². The summed E-state index contributed by atoms with van der Waals surface area (Å²) in [7, 11) is 0. The van der Waals surface area contributed by atoms with Gasteiger partial charge >= 0.3 is 0 Å². The molecular formula is C11H16N4OS. The zero-order valence-electron chi connectivity index (χ0n) is 9.85. The summed E-state index contributed by atoms with van der Waals surface area (Å²) in [5.41, 5.74) is 0. The zero-order valence-corrected chi connectivity index (χ0v) is 10.7. The lowest BCUT2D eigenvalue weighted by Gasteiger charge is -2.14. The van der Waals surface area contributed by atoms with Gasteiger partial charge in [0.15, 0.2) is 0 Å². The van der Waals surface area contributed by atoms with Gasteiger partial charge in [0.1, 0.15) is 5.01 Å². The van der Waals surface area contributed by atoms with Crippen molar-refractivity contribution >= 4 is 22.4 Å². The summed E-state index contributed by atoms with van der Waals surface area (Å²) in [4.78, 5) is 14.1. The molecule has 1 saturated heterocycles. The Labute approximate surface area is 104 Å². The van der Waals surface area contributed by atoms with Gasteiger partial charge in [-0.25, -0.2) is 0 Å². The molecule has 2 heterocycles. The molecule has 0 aromatic carbocycles. The van der Waals surface area contributed by atoms with Crippen molar-refractivity contribution in [3.05, 3.63) is 5.01 Å². The minimum atomic E-state index is 0.125. The maximum absolute atomic E-state index is 11.9. The highest BCUT2D eigenvalue weighted by Crippen LogP contribution is 2.27. The third-order valence-corrected chi connectivity index (χ3v) is 4.17. The molecule has 3 rings (SSSR count). The summed E-state index contributed by atoms with van der Waals surface area (Å²) >= 11 is 1.60. The molecule has 1 atom stereocenters. The first-order chi connectivity index (χ1) is 8.22. The summed E-state index contributed by atoms with van der Waals surface area (Å²) in [6.45, 7) is 3.65. The van der Waals surface area contributed by atoms with Crippen LogP contribution in [0.1, 0.15) is 24.3 Å². The number of hydrogen-bond acceptors (Lipinski definition) is 5. The van der Waals surface area contributed by atoms with E-state index < -0.39 is 0 Å².